The second-order valence-electron chi connectivity index (χ2n) is 13.2. The number of benzene rings is 9. The molecule has 0 aliphatic heterocycles. The molecule has 0 saturated heterocycles. The molecule has 0 aliphatic carbocycles. The summed E-state index contributed by atoms with van der Waals surface area (Å²) in [5.41, 5.74) is 10.5. The van der Waals surface area contributed by atoms with Crippen molar-refractivity contribution in [3.05, 3.63) is 194 Å². The summed E-state index contributed by atoms with van der Waals surface area (Å²) in [5, 5.41) is 6.87. The standard InChI is InChI=1S/C49H32N2O/c1-4-12-33(13-5-1)39-26-29-46(43(31-39)40-23-20-34-14-10-11-17-38(34)30-40)51(41-18-8-3-9-19-41)42-27-24-35-21-22-36-25-28-45-48(47(36)44(35)32-42)52-49(50-45)37-15-6-2-7-16-37/h1-32H. The van der Waals surface area contributed by atoms with E-state index < -0.39 is 0 Å². The van der Waals surface area contributed by atoms with Gasteiger partial charge < -0.3 is 9.32 Å². The van der Waals surface area contributed by atoms with Crippen molar-refractivity contribution in [3.63, 3.8) is 0 Å². The third-order valence-electron chi connectivity index (χ3n) is 10.0. The Morgan fingerprint density at radius 3 is 1.85 bits per heavy atom. The van der Waals surface area contributed by atoms with E-state index in [-0.39, 0.29) is 0 Å². The Labute approximate surface area is 301 Å². The van der Waals surface area contributed by atoms with Gasteiger partial charge in [-0.1, -0.05) is 133 Å². The summed E-state index contributed by atoms with van der Waals surface area (Å²) < 4.78 is 6.59. The number of rotatable bonds is 6. The molecule has 0 unspecified atom stereocenters. The Bertz CT molecular complexity index is 2900. The Morgan fingerprint density at radius 2 is 1.04 bits per heavy atom. The van der Waals surface area contributed by atoms with Crippen molar-refractivity contribution >= 4 is 60.5 Å². The summed E-state index contributed by atoms with van der Waals surface area (Å²) in [6.45, 7) is 0. The number of para-hydroxylation sites is 1. The minimum absolute atomic E-state index is 0.626. The monoisotopic (exact) mass is 664 g/mol. The molecule has 10 aromatic rings. The van der Waals surface area contributed by atoms with Crippen LogP contribution in [0.2, 0.25) is 0 Å². The van der Waals surface area contributed by atoms with Crippen LogP contribution in [-0.2, 0) is 0 Å². The molecule has 10 rings (SSSR count). The van der Waals surface area contributed by atoms with Gasteiger partial charge in [-0.15, -0.1) is 0 Å². The van der Waals surface area contributed by atoms with Gasteiger partial charge in [0.1, 0.15) is 5.52 Å². The smallest absolute Gasteiger partial charge is 0.227 e. The highest BCUT2D eigenvalue weighted by Crippen LogP contribution is 2.45. The highest BCUT2D eigenvalue weighted by atomic mass is 16.3. The minimum atomic E-state index is 0.626. The molecule has 244 valence electrons. The molecule has 0 aliphatic rings. The van der Waals surface area contributed by atoms with Gasteiger partial charge in [-0.3, -0.25) is 0 Å². The van der Waals surface area contributed by atoms with E-state index in [1.807, 2.05) is 30.3 Å². The third kappa shape index (κ3) is 5.19. The average molecular weight is 665 g/mol. The van der Waals surface area contributed by atoms with Crippen LogP contribution in [-0.4, -0.2) is 4.98 Å². The number of hydrogen-bond acceptors (Lipinski definition) is 3. The number of anilines is 3. The molecule has 0 fully saturated rings. The molecular formula is C49H32N2O. The van der Waals surface area contributed by atoms with E-state index in [2.05, 4.69) is 169 Å². The summed E-state index contributed by atoms with van der Waals surface area (Å²) >= 11 is 0. The first-order valence-electron chi connectivity index (χ1n) is 17.6. The molecule has 0 N–H and O–H groups in total. The number of fused-ring (bicyclic) bond motifs is 6. The molecule has 52 heavy (non-hydrogen) atoms. The quantitative estimate of drug-likeness (QED) is 0.166. The lowest BCUT2D eigenvalue weighted by Gasteiger charge is -2.29. The summed E-state index contributed by atoms with van der Waals surface area (Å²) in [5.74, 6) is 0.626. The molecule has 3 nitrogen and oxygen atoms in total. The molecule has 0 bridgehead atoms. The van der Waals surface area contributed by atoms with Crippen molar-refractivity contribution in [2.75, 3.05) is 4.90 Å². The highest BCUT2D eigenvalue weighted by molar-refractivity contribution is 6.18. The van der Waals surface area contributed by atoms with E-state index in [0.717, 1.165) is 66.4 Å². The average Bonchev–Trinajstić information content (AvgIpc) is 3.67. The molecular weight excluding hydrogens is 633 g/mol. The van der Waals surface area contributed by atoms with Crippen LogP contribution in [0.4, 0.5) is 17.1 Å². The zero-order valence-electron chi connectivity index (χ0n) is 28.3. The Kier molecular flexibility index (Phi) is 7.14. The van der Waals surface area contributed by atoms with E-state index >= 15 is 0 Å². The molecule has 0 amide bonds. The van der Waals surface area contributed by atoms with Crippen molar-refractivity contribution in [1.82, 2.24) is 4.98 Å². The van der Waals surface area contributed by atoms with Crippen molar-refractivity contribution in [2.45, 2.75) is 0 Å². The second kappa shape index (κ2) is 12.4. The van der Waals surface area contributed by atoms with Gasteiger partial charge in [0, 0.05) is 27.9 Å². The van der Waals surface area contributed by atoms with Crippen molar-refractivity contribution in [2.24, 2.45) is 0 Å². The van der Waals surface area contributed by atoms with Gasteiger partial charge in [-0.25, -0.2) is 4.98 Å². The maximum atomic E-state index is 6.59. The lowest BCUT2D eigenvalue weighted by atomic mass is 9.94. The van der Waals surface area contributed by atoms with Gasteiger partial charge in [0.2, 0.25) is 5.89 Å². The van der Waals surface area contributed by atoms with Gasteiger partial charge in [0.15, 0.2) is 5.58 Å². The van der Waals surface area contributed by atoms with Crippen molar-refractivity contribution in [3.8, 4) is 33.7 Å². The maximum Gasteiger partial charge on any atom is 0.227 e. The lowest BCUT2D eigenvalue weighted by molar-refractivity contribution is 0.623. The van der Waals surface area contributed by atoms with E-state index in [1.54, 1.807) is 0 Å². The largest absolute Gasteiger partial charge is 0.435 e. The zero-order valence-corrected chi connectivity index (χ0v) is 28.3. The molecule has 1 aromatic heterocycles. The zero-order chi connectivity index (χ0) is 34.4. The number of hydrogen-bond donors (Lipinski definition) is 0. The summed E-state index contributed by atoms with van der Waals surface area (Å²) in [7, 11) is 0. The van der Waals surface area contributed by atoms with Gasteiger partial charge in [-0.2, -0.15) is 0 Å². The topological polar surface area (TPSA) is 29.3 Å². The molecule has 0 atom stereocenters. The number of nitrogens with zero attached hydrogens (tertiary/aromatic N) is 2. The molecule has 3 heteroatoms. The Hall–Kier alpha value is -6.97. The Morgan fingerprint density at radius 1 is 0.404 bits per heavy atom. The van der Waals surface area contributed by atoms with Crippen LogP contribution in [0.25, 0.3) is 77.1 Å². The molecule has 0 saturated carbocycles. The minimum Gasteiger partial charge on any atom is -0.435 e. The van der Waals surface area contributed by atoms with Gasteiger partial charge in [0.25, 0.3) is 0 Å². The third-order valence-corrected chi connectivity index (χ3v) is 10.0. The fraction of sp³-hybridized carbons (Fsp3) is 0. The highest BCUT2D eigenvalue weighted by Gasteiger charge is 2.20. The second-order valence-corrected chi connectivity index (χ2v) is 13.2. The molecule has 1 heterocycles. The first kappa shape index (κ1) is 29.9. The van der Waals surface area contributed by atoms with Crippen LogP contribution in [0, 0.1) is 0 Å². The van der Waals surface area contributed by atoms with Gasteiger partial charge in [0.05, 0.1) is 5.69 Å². The lowest BCUT2D eigenvalue weighted by Crippen LogP contribution is -2.11. The van der Waals surface area contributed by atoms with E-state index in [1.165, 1.54) is 21.9 Å². The number of aromatic nitrogens is 1. The van der Waals surface area contributed by atoms with Gasteiger partial charge in [-0.05, 0) is 104 Å². The predicted octanol–water partition coefficient (Wildman–Crippen LogP) is 13.8. The fourth-order valence-corrected chi connectivity index (χ4v) is 7.49. The van der Waals surface area contributed by atoms with E-state index in [9.17, 15) is 0 Å². The summed E-state index contributed by atoms with van der Waals surface area (Å²) in [4.78, 5) is 7.30. The van der Waals surface area contributed by atoms with Crippen LogP contribution in [0.5, 0.6) is 0 Å². The van der Waals surface area contributed by atoms with E-state index in [0.29, 0.717) is 5.89 Å². The van der Waals surface area contributed by atoms with Crippen molar-refractivity contribution < 1.29 is 4.42 Å². The first-order chi connectivity index (χ1) is 25.8. The Balaban J connectivity index is 1.22. The van der Waals surface area contributed by atoms with Gasteiger partial charge >= 0.3 is 0 Å². The van der Waals surface area contributed by atoms with Crippen LogP contribution in [0.15, 0.2) is 199 Å². The predicted molar refractivity (Wildman–Crippen MR) is 218 cm³/mol. The first-order valence-corrected chi connectivity index (χ1v) is 17.6. The fourth-order valence-electron chi connectivity index (χ4n) is 7.49. The van der Waals surface area contributed by atoms with Crippen molar-refractivity contribution in [1.29, 1.82) is 0 Å². The molecule has 0 spiro atoms. The van der Waals surface area contributed by atoms with Crippen LogP contribution >= 0.6 is 0 Å². The van der Waals surface area contributed by atoms with Crippen LogP contribution in [0.1, 0.15) is 0 Å². The normalized spacial score (nSPS) is 11.5. The van der Waals surface area contributed by atoms with Crippen LogP contribution < -0.4 is 4.90 Å². The molecule has 9 aromatic carbocycles. The number of oxazole rings is 1. The summed E-state index contributed by atoms with van der Waals surface area (Å²) in [6, 6.07) is 68.9. The van der Waals surface area contributed by atoms with Crippen LogP contribution in [0.3, 0.4) is 0 Å². The van der Waals surface area contributed by atoms with E-state index in [4.69, 9.17) is 9.40 Å². The maximum absolute atomic E-state index is 6.59. The summed E-state index contributed by atoms with van der Waals surface area (Å²) in [6.07, 6.45) is 0. The SMILES string of the molecule is c1ccc(-c2ccc(N(c3ccccc3)c3ccc4ccc5ccc6nc(-c7ccccc7)oc6c5c4c3)c(-c3ccc4ccccc4c3)c2)cc1. The molecule has 0 radical (unpaired) electrons.